The summed E-state index contributed by atoms with van der Waals surface area (Å²) in [5.74, 6) is -0.0755. The molecular formula is C19H22N2O7S. The quantitative estimate of drug-likeness (QED) is 0.513. The van der Waals surface area contributed by atoms with Crippen LogP contribution in [0, 0.1) is 0 Å². The van der Waals surface area contributed by atoms with E-state index in [4.69, 9.17) is 18.9 Å². The molecule has 9 nitrogen and oxygen atoms in total. The lowest BCUT2D eigenvalue weighted by Gasteiger charge is -2.50. The van der Waals surface area contributed by atoms with Gasteiger partial charge in [-0.1, -0.05) is 0 Å². The maximum atomic E-state index is 13.0. The van der Waals surface area contributed by atoms with Crippen LogP contribution in [-0.2, 0) is 30.4 Å². The Morgan fingerprint density at radius 2 is 1.97 bits per heavy atom. The zero-order chi connectivity index (χ0) is 21.1. The number of hydrogen-bond donors (Lipinski definition) is 1. The first kappa shape index (κ1) is 21.0. The molecule has 0 aromatic heterocycles. The van der Waals surface area contributed by atoms with Gasteiger partial charge in [0.25, 0.3) is 11.8 Å². The van der Waals surface area contributed by atoms with E-state index in [9.17, 15) is 14.4 Å². The smallest absolute Gasteiger partial charge is 0.307 e. The molecule has 1 saturated heterocycles. The lowest BCUT2D eigenvalue weighted by Crippen LogP contribution is -2.70. The van der Waals surface area contributed by atoms with Crippen LogP contribution >= 0.6 is 11.8 Å². The number of hydrogen-bond acceptors (Lipinski definition) is 8. The van der Waals surface area contributed by atoms with Gasteiger partial charge in [-0.3, -0.25) is 14.4 Å². The summed E-state index contributed by atoms with van der Waals surface area (Å²) in [5, 5.41) is 4.02. The Kier molecular flexibility index (Phi) is 6.33. The van der Waals surface area contributed by atoms with Gasteiger partial charge in [0.1, 0.15) is 22.6 Å². The number of nitrogens with one attached hydrogen (secondary N) is 1. The third-order valence-corrected chi connectivity index (χ3v) is 5.74. The minimum atomic E-state index is -1.05. The molecule has 10 heteroatoms. The first-order valence-electron chi connectivity index (χ1n) is 8.78. The van der Waals surface area contributed by atoms with Crippen LogP contribution in [0.3, 0.4) is 0 Å². The molecule has 0 radical (unpaired) electrons. The maximum Gasteiger partial charge on any atom is 0.307 e. The summed E-state index contributed by atoms with van der Waals surface area (Å²) < 4.78 is 20.9. The van der Waals surface area contributed by atoms with E-state index in [0.717, 1.165) is 5.56 Å². The summed E-state index contributed by atoms with van der Waals surface area (Å²) in [6.07, 6.45) is -0.632. The van der Waals surface area contributed by atoms with E-state index in [2.05, 4.69) is 5.32 Å². The molecule has 0 saturated carbocycles. The number of esters is 1. The first-order chi connectivity index (χ1) is 13.9. The van der Waals surface area contributed by atoms with Crippen LogP contribution in [0.2, 0.25) is 0 Å². The van der Waals surface area contributed by atoms with Gasteiger partial charge < -0.3 is 29.2 Å². The van der Waals surface area contributed by atoms with E-state index in [1.54, 1.807) is 30.7 Å². The van der Waals surface area contributed by atoms with Crippen LogP contribution in [-0.4, -0.2) is 61.5 Å². The molecule has 2 heterocycles. The Bertz CT molecular complexity index is 857. The van der Waals surface area contributed by atoms with Crippen LogP contribution in [0.5, 0.6) is 11.5 Å². The molecule has 3 rings (SSSR count). The SMILES string of the molecule is COc1ccc(CNC(=O)C2C(OC(C)=O)=CS[C@@H]3[C@@H](OC)C(=O)N23)c(OC)c1. The highest BCUT2D eigenvalue weighted by molar-refractivity contribution is 8.02. The van der Waals surface area contributed by atoms with Crippen molar-refractivity contribution in [2.45, 2.75) is 31.0 Å². The Labute approximate surface area is 172 Å². The number of rotatable bonds is 7. The predicted molar refractivity (Wildman–Crippen MR) is 104 cm³/mol. The van der Waals surface area contributed by atoms with Gasteiger partial charge in [-0.25, -0.2) is 0 Å². The number of carbonyl (C=O) groups excluding carboxylic acids is 3. The lowest BCUT2D eigenvalue weighted by molar-refractivity contribution is -0.170. The maximum absolute atomic E-state index is 13.0. The number of amides is 2. The van der Waals surface area contributed by atoms with Gasteiger partial charge in [0.05, 0.1) is 14.2 Å². The third kappa shape index (κ3) is 4.03. The second-order valence-corrected chi connectivity index (χ2v) is 7.33. The van der Waals surface area contributed by atoms with Crippen molar-refractivity contribution in [1.29, 1.82) is 0 Å². The van der Waals surface area contributed by atoms with E-state index >= 15 is 0 Å². The van der Waals surface area contributed by atoms with Crippen molar-refractivity contribution in [1.82, 2.24) is 10.2 Å². The zero-order valence-electron chi connectivity index (χ0n) is 16.5. The largest absolute Gasteiger partial charge is 0.497 e. The minimum Gasteiger partial charge on any atom is -0.497 e. The number of nitrogens with zero attached hydrogens (tertiary/aromatic N) is 1. The number of ether oxygens (including phenoxy) is 4. The molecule has 1 aromatic rings. The van der Waals surface area contributed by atoms with Gasteiger partial charge in [-0.05, 0) is 12.1 Å². The second-order valence-electron chi connectivity index (χ2n) is 6.34. The van der Waals surface area contributed by atoms with Crippen LogP contribution in [0.15, 0.2) is 29.4 Å². The molecule has 0 bridgehead atoms. The second kappa shape index (κ2) is 8.75. The molecule has 0 aliphatic carbocycles. The van der Waals surface area contributed by atoms with Crippen molar-refractivity contribution in [3.05, 3.63) is 34.9 Å². The van der Waals surface area contributed by atoms with Gasteiger partial charge in [0.2, 0.25) is 0 Å². The van der Waals surface area contributed by atoms with Crippen LogP contribution in [0.1, 0.15) is 12.5 Å². The average molecular weight is 422 g/mol. The first-order valence-corrected chi connectivity index (χ1v) is 9.73. The topological polar surface area (TPSA) is 103 Å². The molecule has 2 amide bonds. The van der Waals surface area contributed by atoms with Crippen LogP contribution in [0.4, 0.5) is 0 Å². The molecule has 1 N–H and O–H groups in total. The normalized spacial score (nSPS) is 22.8. The fourth-order valence-electron chi connectivity index (χ4n) is 3.20. The predicted octanol–water partition coefficient (Wildman–Crippen LogP) is 1.02. The molecule has 3 atom stereocenters. The summed E-state index contributed by atoms with van der Waals surface area (Å²) in [4.78, 5) is 38.2. The number of fused-ring (bicyclic) bond motifs is 1. The summed E-state index contributed by atoms with van der Waals surface area (Å²) in [6.45, 7) is 1.40. The van der Waals surface area contributed by atoms with Crippen molar-refractivity contribution in [3.8, 4) is 11.5 Å². The van der Waals surface area contributed by atoms with Crippen LogP contribution < -0.4 is 14.8 Å². The molecule has 2 aliphatic heterocycles. The highest BCUT2D eigenvalue weighted by Gasteiger charge is 2.56. The van der Waals surface area contributed by atoms with Gasteiger partial charge in [-0.2, -0.15) is 0 Å². The molecule has 156 valence electrons. The molecule has 1 aromatic carbocycles. The molecule has 1 unspecified atom stereocenters. The summed E-state index contributed by atoms with van der Waals surface area (Å²) in [6, 6.07) is 4.19. The van der Waals surface area contributed by atoms with Gasteiger partial charge >= 0.3 is 5.97 Å². The van der Waals surface area contributed by atoms with E-state index in [-0.39, 0.29) is 23.6 Å². The Balaban J connectivity index is 1.78. The van der Waals surface area contributed by atoms with Gasteiger partial charge in [-0.15, -0.1) is 11.8 Å². The Morgan fingerprint density at radius 1 is 1.21 bits per heavy atom. The van der Waals surface area contributed by atoms with Crippen molar-refractivity contribution in [2.24, 2.45) is 0 Å². The monoisotopic (exact) mass is 422 g/mol. The highest BCUT2D eigenvalue weighted by Crippen LogP contribution is 2.41. The standard InChI is InChI=1S/C19H22N2O7S/c1-10(22)28-14-9-29-19-16(27-4)18(24)21(19)15(14)17(23)20-8-11-5-6-12(25-2)7-13(11)26-3/h5-7,9,15-16,19H,8H2,1-4H3,(H,20,23)/t15?,16-,19+/m0/s1. The zero-order valence-corrected chi connectivity index (χ0v) is 17.3. The highest BCUT2D eigenvalue weighted by atomic mass is 32.2. The number of β-lactam (4-membered cyclic amide) rings is 1. The van der Waals surface area contributed by atoms with E-state index in [1.807, 2.05) is 0 Å². The Hall–Kier alpha value is -2.72. The molecular weight excluding hydrogens is 400 g/mol. The van der Waals surface area contributed by atoms with E-state index in [1.165, 1.54) is 37.8 Å². The fraction of sp³-hybridized carbons (Fsp3) is 0.421. The van der Waals surface area contributed by atoms with Crippen LogP contribution in [0.25, 0.3) is 0 Å². The summed E-state index contributed by atoms with van der Waals surface area (Å²) in [7, 11) is 4.51. The average Bonchev–Trinajstić information content (AvgIpc) is 2.71. The molecule has 2 aliphatic rings. The van der Waals surface area contributed by atoms with Gasteiger partial charge in [0, 0.05) is 37.6 Å². The summed E-state index contributed by atoms with van der Waals surface area (Å²) in [5.41, 5.74) is 0.728. The van der Waals surface area contributed by atoms with Gasteiger partial charge in [0.15, 0.2) is 12.1 Å². The molecule has 1 fully saturated rings. The van der Waals surface area contributed by atoms with E-state index in [0.29, 0.717) is 11.5 Å². The van der Waals surface area contributed by atoms with Crippen molar-refractivity contribution in [3.63, 3.8) is 0 Å². The number of thioether (sulfide) groups is 1. The van der Waals surface area contributed by atoms with Crippen molar-refractivity contribution in [2.75, 3.05) is 21.3 Å². The number of carbonyl (C=O) groups is 3. The third-order valence-electron chi connectivity index (χ3n) is 4.61. The molecule has 0 spiro atoms. The van der Waals surface area contributed by atoms with Crippen molar-refractivity contribution >= 4 is 29.5 Å². The Morgan fingerprint density at radius 3 is 2.59 bits per heavy atom. The fourth-order valence-corrected chi connectivity index (χ4v) is 4.38. The van der Waals surface area contributed by atoms with Crippen molar-refractivity contribution < 1.29 is 33.3 Å². The minimum absolute atomic E-state index is 0.112. The van der Waals surface area contributed by atoms with E-state index < -0.39 is 24.0 Å². The summed E-state index contributed by atoms with van der Waals surface area (Å²) >= 11 is 1.27. The number of methoxy groups -OCH3 is 3. The molecule has 29 heavy (non-hydrogen) atoms. The number of benzene rings is 1. The lowest BCUT2D eigenvalue weighted by atomic mass is 10.0.